The third-order valence-corrected chi connectivity index (χ3v) is 14.4. The molecule has 4 atom stereocenters. The van der Waals surface area contributed by atoms with Gasteiger partial charge in [-0.2, -0.15) is 0 Å². The minimum atomic E-state index is 0.0894. The number of allylic oxidation sites excluding steroid dienone is 1. The van der Waals surface area contributed by atoms with E-state index in [0.29, 0.717) is 5.41 Å². The maximum atomic E-state index is 2.94. The maximum Gasteiger partial charge on any atom is -0.0127 e. The van der Waals surface area contributed by atoms with Crippen LogP contribution >= 0.6 is 15.8 Å². The van der Waals surface area contributed by atoms with Crippen molar-refractivity contribution in [1.82, 2.24) is 0 Å². The number of hydrogen-bond acceptors (Lipinski definition) is 0. The Balaban J connectivity index is 2.40. The van der Waals surface area contributed by atoms with E-state index in [0.717, 1.165) is 22.6 Å². The van der Waals surface area contributed by atoms with E-state index in [1.165, 1.54) is 51.4 Å². The summed E-state index contributed by atoms with van der Waals surface area (Å²) in [5, 5.41) is 1.93. The van der Waals surface area contributed by atoms with E-state index in [-0.39, 0.29) is 15.8 Å². The first-order chi connectivity index (χ1) is 11.4. The van der Waals surface area contributed by atoms with E-state index in [1.54, 1.807) is 0 Å². The predicted molar refractivity (Wildman–Crippen MR) is 116 cm³/mol. The number of rotatable bonds is 6. The van der Waals surface area contributed by atoms with Gasteiger partial charge in [0.1, 0.15) is 0 Å². The van der Waals surface area contributed by atoms with Gasteiger partial charge in [0.25, 0.3) is 0 Å². The van der Waals surface area contributed by atoms with Crippen molar-refractivity contribution in [2.75, 3.05) is 0 Å². The van der Waals surface area contributed by atoms with Crippen LogP contribution in [0.25, 0.3) is 0 Å². The van der Waals surface area contributed by atoms with E-state index in [1.807, 2.05) is 5.31 Å². The van der Waals surface area contributed by atoms with Gasteiger partial charge in [0.15, 0.2) is 0 Å². The van der Waals surface area contributed by atoms with Gasteiger partial charge in [-0.3, -0.25) is 0 Å². The van der Waals surface area contributed by atoms with E-state index >= 15 is 0 Å². The standard InChI is InChI=1S/C22H42P2/c1-8-17-12-13-18(9-2)23(17)16-21(22(5,6)7)24-19(10-3)14-15-20(24)11-4/h16-20H,8-15H2,1-7H3/b21-16-/t17-,18-,19-,20-/m1/s1. The van der Waals surface area contributed by atoms with E-state index in [9.17, 15) is 0 Å². The minimum Gasteiger partial charge on any atom is -0.0766 e. The smallest absolute Gasteiger partial charge is 0.0127 e. The Morgan fingerprint density at radius 3 is 1.46 bits per heavy atom. The molecule has 0 N–H and O–H groups in total. The fourth-order valence-corrected chi connectivity index (χ4v) is 13.1. The van der Waals surface area contributed by atoms with Crippen LogP contribution in [0.3, 0.4) is 0 Å². The average molecular weight is 369 g/mol. The lowest BCUT2D eigenvalue weighted by Crippen LogP contribution is -2.16. The van der Waals surface area contributed by atoms with Crippen molar-refractivity contribution in [2.24, 2.45) is 5.41 Å². The van der Waals surface area contributed by atoms with Crippen LogP contribution < -0.4 is 0 Å². The highest BCUT2D eigenvalue weighted by Gasteiger charge is 2.41. The van der Waals surface area contributed by atoms with Gasteiger partial charge in [-0.05, 0) is 84.7 Å². The van der Waals surface area contributed by atoms with Gasteiger partial charge in [0, 0.05) is 0 Å². The van der Waals surface area contributed by atoms with E-state index < -0.39 is 0 Å². The van der Waals surface area contributed by atoms with Crippen LogP contribution in [0, 0.1) is 5.41 Å². The third kappa shape index (κ3) is 4.46. The first kappa shape index (κ1) is 20.9. The zero-order chi connectivity index (χ0) is 17.9. The molecule has 24 heavy (non-hydrogen) atoms. The molecule has 2 heteroatoms. The molecule has 0 aromatic heterocycles. The lowest BCUT2D eigenvalue weighted by atomic mass is 9.97. The zero-order valence-corrected chi connectivity index (χ0v) is 19.2. The Morgan fingerprint density at radius 1 is 0.750 bits per heavy atom. The minimum absolute atomic E-state index is 0.0894. The van der Waals surface area contributed by atoms with Gasteiger partial charge < -0.3 is 0 Å². The normalized spacial score (nSPS) is 33.5. The topological polar surface area (TPSA) is 0 Å². The summed E-state index contributed by atoms with van der Waals surface area (Å²) in [7, 11) is 0.203. The molecule has 0 spiro atoms. The van der Waals surface area contributed by atoms with Gasteiger partial charge in [0.05, 0.1) is 0 Å². The van der Waals surface area contributed by atoms with Crippen LogP contribution in [-0.2, 0) is 0 Å². The molecule has 0 aliphatic carbocycles. The van der Waals surface area contributed by atoms with Gasteiger partial charge in [-0.25, -0.2) is 0 Å². The highest BCUT2D eigenvalue weighted by molar-refractivity contribution is 7.67. The summed E-state index contributed by atoms with van der Waals surface area (Å²) >= 11 is 0. The highest BCUT2D eigenvalue weighted by atomic mass is 31.1. The Morgan fingerprint density at radius 2 is 1.12 bits per heavy atom. The van der Waals surface area contributed by atoms with Crippen molar-refractivity contribution in [3.05, 3.63) is 11.1 Å². The SMILES string of the molecule is CC[C@@H]1CC[C@@H](CC)P1/C=C(\P1[C@H](CC)CC[C@H]1CC)C(C)(C)C. The van der Waals surface area contributed by atoms with Crippen molar-refractivity contribution in [2.45, 2.75) is 122 Å². The molecular formula is C22H42P2. The van der Waals surface area contributed by atoms with Crippen molar-refractivity contribution >= 4 is 15.8 Å². The molecule has 140 valence electrons. The van der Waals surface area contributed by atoms with Crippen molar-refractivity contribution in [1.29, 1.82) is 0 Å². The van der Waals surface area contributed by atoms with Gasteiger partial charge in [0.2, 0.25) is 0 Å². The molecule has 0 amide bonds. The lowest BCUT2D eigenvalue weighted by Gasteiger charge is -2.37. The first-order valence-electron chi connectivity index (χ1n) is 10.6. The molecule has 2 aliphatic rings. The van der Waals surface area contributed by atoms with Crippen LogP contribution in [0.15, 0.2) is 11.1 Å². The molecule has 2 fully saturated rings. The second-order valence-corrected chi connectivity index (χ2v) is 14.4. The summed E-state index contributed by atoms with van der Waals surface area (Å²) in [6.07, 6.45) is 11.6. The molecule has 0 saturated carbocycles. The molecular weight excluding hydrogens is 326 g/mol. The molecule has 0 radical (unpaired) electrons. The van der Waals surface area contributed by atoms with Crippen molar-refractivity contribution < 1.29 is 0 Å². The fraction of sp³-hybridized carbons (Fsp3) is 0.909. The Bertz CT molecular complexity index is 396. The van der Waals surface area contributed by atoms with Crippen LogP contribution in [0.1, 0.15) is 99.8 Å². The molecule has 2 rings (SSSR count). The quantitative estimate of drug-likeness (QED) is 0.412. The van der Waals surface area contributed by atoms with Gasteiger partial charge in [-0.15, -0.1) is 0 Å². The average Bonchev–Trinajstić information content (AvgIpc) is 3.13. The summed E-state index contributed by atoms with van der Waals surface area (Å²) in [5.74, 6) is 2.94. The largest absolute Gasteiger partial charge is 0.0766 e. The molecule has 2 heterocycles. The lowest BCUT2D eigenvalue weighted by molar-refractivity contribution is 0.529. The fourth-order valence-electron chi connectivity index (χ4n) is 4.97. The number of hydrogen-bond donors (Lipinski definition) is 0. The van der Waals surface area contributed by atoms with Crippen molar-refractivity contribution in [3.63, 3.8) is 0 Å². The Kier molecular flexibility index (Phi) is 7.84. The Labute approximate surface area is 155 Å². The second-order valence-electron chi connectivity index (χ2n) is 9.02. The van der Waals surface area contributed by atoms with E-state index in [4.69, 9.17) is 0 Å². The van der Waals surface area contributed by atoms with Crippen LogP contribution in [0.5, 0.6) is 0 Å². The second kappa shape index (κ2) is 9.00. The molecule has 0 unspecified atom stereocenters. The molecule has 2 aliphatic heterocycles. The summed E-state index contributed by atoms with van der Waals surface area (Å²) in [6, 6.07) is 0. The molecule has 0 nitrogen and oxygen atoms in total. The van der Waals surface area contributed by atoms with Gasteiger partial charge in [-0.1, -0.05) is 70.1 Å². The maximum absolute atomic E-state index is 2.94. The molecule has 0 aromatic carbocycles. The third-order valence-electron chi connectivity index (χ3n) is 6.50. The summed E-state index contributed by atoms with van der Waals surface area (Å²) < 4.78 is 0. The molecule has 0 aromatic rings. The van der Waals surface area contributed by atoms with Crippen molar-refractivity contribution in [3.8, 4) is 0 Å². The van der Waals surface area contributed by atoms with Crippen LogP contribution in [-0.4, -0.2) is 22.6 Å². The van der Waals surface area contributed by atoms with Crippen LogP contribution in [0.4, 0.5) is 0 Å². The summed E-state index contributed by atoms with van der Waals surface area (Å²) in [5.41, 5.74) is 4.42. The molecule has 2 saturated heterocycles. The van der Waals surface area contributed by atoms with E-state index in [2.05, 4.69) is 54.3 Å². The van der Waals surface area contributed by atoms with Gasteiger partial charge >= 0.3 is 0 Å². The Hall–Kier alpha value is 0.600. The summed E-state index contributed by atoms with van der Waals surface area (Å²) in [6.45, 7) is 17.3. The highest BCUT2D eigenvalue weighted by Crippen LogP contribution is 2.70. The predicted octanol–water partition coefficient (Wildman–Crippen LogP) is 8.54. The van der Waals surface area contributed by atoms with Crippen LogP contribution in [0.2, 0.25) is 0 Å². The monoisotopic (exact) mass is 368 g/mol. The first-order valence-corrected chi connectivity index (χ1v) is 13.7. The molecule has 0 bridgehead atoms. The summed E-state index contributed by atoms with van der Waals surface area (Å²) in [4.78, 5) is 0. The zero-order valence-electron chi connectivity index (χ0n) is 17.4.